The van der Waals surface area contributed by atoms with Crippen molar-refractivity contribution >= 4 is 5.91 Å². The van der Waals surface area contributed by atoms with Gasteiger partial charge in [-0.3, -0.25) is 9.48 Å². The molecule has 1 aromatic carbocycles. The van der Waals surface area contributed by atoms with Gasteiger partial charge in [0.25, 0.3) is 5.91 Å². The fraction of sp³-hybridized carbons (Fsp3) is 0.263. The maximum Gasteiger partial charge on any atom is 0.289 e. The van der Waals surface area contributed by atoms with E-state index in [0.717, 1.165) is 17.0 Å². The first-order valence-corrected chi connectivity index (χ1v) is 8.28. The molecule has 0 radical (unpaired) electrons. The van der Waals surface area contributed by atoms with Crippen LogP contribution in [0.25, 0.3) is 0 Å². The first-order valence-electron chi connectivity index (χ1n) is 8.28. The van der Waals surface area contributed by atoms with Gasteiger partial charge in [-0.15, -0.1) is 5.10 Å². The van der Waals surface area contributed by atoms with Gasteiger partial charge in [-0.25, -0.2) is 0 Å². The number of furan rings is 1. The summed E-state index contributed by atoms with van der Waals surface area (Å²) >= 11 is 0. The summed E-state index contributed by atoms with van der Waals surface area (Å²) < 4.78 is 13.1. The minimum absolute atomic E-state index is 0.0905. The van der Waals surface area contributed by atoms with Crippen molar-refractivity contribution < 1.29 is 13.9 Å². The molecule has 2 aromatic heterocycles. The van der Waals surface area contributed by atoms with Crippen molar-refractivity contribution in [2.45, 2.75) is 26.6 Å². The molecule has 0 atom stereocenters. The smallest absolute Gasteiger partial charge is 0.289 e. The van der Waals surface area contributed by atoms with E-state index < -0.39 is 0 Å². The third-order valence-corrected chi connectivity index (χ3v) is 4.24. The van der Waals surface area contributed by atoms with E-state index >= 15 is 0 Å². The van der Waals surface area contributed by atoms with Gasteiger partial charge in [-0.05, 0) is 24.6 Å². The van der Waals surface area contributed by atoms with Crippen LogP contribution in [0.3, 0.4) is 0 Å². The Bertz CT molecular complexity index is 882. The molecular formula is C19H19N3O3. The molecule has 1 aliphatic heterocycles. The lowest BCUT2D eigenvalue weighted by Crippen LogP contribution is -2.38. The molecule has 0 bridgehead atoms. The number of ether oxygens (including phenoxy) is 1. The highest BCUT2D eigenvalue weighted by Gasteiger charge is 2.25. The number of rotatable bonds is 4. The van der Waals surface area contributed by atoms with Crippen LogP contribution >= 0.6 is 0 Å². The lowest BCUT2D eigenvalue weighted by atomic mass is 10.2. The Morgan fingerprint density at radius 2 is 2.04 bits per heavy atom. The van der Waals surface area contributed by atoms with E-state index in [1.807, 2.05) is 48.0 Å². The first kappa shape index (κ1) is 15.5. The average Bonchev–Trinajstić information content (AvgIpc) is 3.25. The summed E-state index contributed by atoms with van der Waals surface area (Å²) in [6.07, 6.45) is 0. The van der Waals surface area contributed by atoms with E-state index in [4.69, 9.17) is 9.15 Å². The monoisotopic (exact) mass is 337 g/mol. The second kappa shape index (κ2) is 6.47. The number of amides is 1. The molecule has 0 saturated carbocycles. The predicted molar refractivity (Wildman–Crippen MR) is 91.2 cm³/mol. The first-order chi connectivity index (χ1) is 12.2. The van der Waals surface area contributed by atoms with E-state index in [2.05, 4.69) is 5.10 Å². The molecule has 3 heterocycles. The number of hydrogen-bond acceptors (Lipinski definition) is 4. The summed E-state index contributed by atoms with van der Waals surface area (Å²) in [7, 11) is 0. The van der Waals surface area contributed by atoms with Gasteiger partial charge in [-0.1, -0.05) is 30.3 Å². The van der Waals surface area contributed by atoms with Gasteiger partial charge in [-0.2, -0.15) is 0 Å². The van der Waals surface area contributed by atoms with Gasteiger partial charge in [0, 0.05) is 12.6 Å². The van der Waals surface area contributed by atoms with Crippen molar-refractivity contribution in [3.8, 4) is 5.88 Å². The van der Waals surface area contributed by atoms with Gasteiger partial charge in [0.15, 0.2) is 5.76 Å². The Labute approximate surface area is 145 Å². The number of nitrogens with zero attached hydrogens (tertiary/aromatic N) is 3. The Morgan fingerprint density at radius 1 is 1.20 bits per heavy atom. The van der Waals surface area contributed by atoms with Crippen molar-refractivity contribution in [2.75, 3.05) is 6.54 Å². The second-order valence-corrected chi connectivity index (χ2v) is 6.11. The minimum Gasteiger partial charge on any atom is -0.472 e. The number of carbonyl (C=O) groups excluding carboxylic acids is 1. The third-order valence-electron chi connectivity index (χ3n) is 4.24. The summed E-state index contributed by atoms with van der Waals surface area (Å²) in [6, 6.07) is 15.4. The van der Waals surface area contributed by atoms with Crippen LogP contribution in [-0.4, -0.2) is 27.1 Å². The summed E-state index contributed by atoms with van der Waals surface area (Å²) in [6.45, 7) is 4.06. The summed E-state index contributed by atoms with van der Waals surface area (Å²) in [5, 5.41) is 4.47. The molecule has 6 heteroatoms. The quantitative estimate of drug-likeness (QED) is 0.734. The largest absolute Gasteiger partial charge is 0.472 e. The molecular weight excluding hydrogens is 318 g/mol. The van der Waals surface area contributed by atoms with Crippen LogP contribution in [0.1, 0.15) is 27.6 Å². The summed E-state index contributed by atoms with van der Waals surface area (Å²) in [5.41, 5.74) is 2.06. The molecule has 0 aliphatic carbocycles. The highest BCUT2D eigenvalue weighted by molar-refractivity contribution is 5.91. The SMILES string of the molecule is Cc1ccc(C(=O)N2CCn3nc(OCc4ccccc4)cc3C2)o1. The van der Waals surface area contributed by atoms with Crippen LogP contribution in [0, 0.1) is 6.92 Å². The highest BCUT2D eigenvalue weighted by atomic mass is 16.5. The van der Waals surface area contributed by atoms with Crippen molar-refractivity contribution in [1.82, 2.24) is 14.7 Å². The lowest BCUT2D eigenvalue weighted by molar-refractivity contribution is 0.0672. The van der Waals surface area contributed by atoms with E-state index in [1.54, 1.807) is 17.0 Å². The minimum atomic E-state index is -0.0905. The molecule has 0 saturated heterocycles. The van der Waals surface area contributed by atoms with Crippen LogP contribution < -0.4 is 4.74 Å². The Morgan fingerprint density at radius 3 is 2.80 bits per heavy atom. The topological polar surface area (TPSA) is 60.5 Å². The normalized spacial score (nSPS) is 13.6. The van der Waals surface area contributed by atoms with Gasteiger partial charge in [0.2, 0.25) is 5.88 Å². The number of benzene rings is 1. The van der Waals surface area contributed by atoms with Crippen molar-refractivity contribution in [1.29, 1.82) is 0 Å². The van der Waals surface area contributed by atoms with Crippen molar-refractivity contribution in [3.05, 3.63) is 71.3 Å². The molecule has 6 nitrogen and oxygen atoms in total. The molecule has 4 rings (SSSR count). The van der Waals surface area contributed by atoms with Crippen LogP contribution in [0.15, 0.2) is 52.9 Å². The van der Waals surface area contributed by atoms with Crippen LogP contribution in [0.5, 0.6) is 5.88 Å². The zero-order valence-corrected chi connectivity index (χ0v) is 14.0. The molecule has 128 valence electrons. The molecule has 0 fully saturated rings. The highest BCUT2D eigenvalue weighted by Crippen LogP contribution is 2.21. The zero-order chi connectivity index (χ0) is 17.2. The van der Waals surface area contributed by atoms with E-state index in [-0.39, 0.29) is 5.91 Å². The van der Waals surface area contributed by atoms with E-state index in [1.165, 1.54) is 0 Å². The van der Waals surface area contributed by atoms with Gasteiger partial charge < -0.3 is 14.1 Å². The number of hydrogen-bond donors (Lipinski definition) is 0. The predicted octanol–water partition coefficient (Wildman–Crippen LogP) is 3.02. The standard InChI is InChI=1S/C19H19N3O3/c1-14-7-8-17(25-14)19(23)21-9-10-22-16(12-21)11-18(20-22)24-13-15-5-3-2-4-6-15/h2-8,11H,9-10,12-13H2,1H3. The second-order valence-electron chi connectivity index (χ2n) is 6.11. The van der Waals surface area contributed by atoms with E-state index in [9.17, 15) is 4.79 Å². The number of aryl methyl sites for hydroxylation is 1. The maximum absolute atomic E-state index is 12.5. The number of aromatic nitrogens is 2. The summed E-state index contributed by atoms with van der Waals surface area (Å²) in [5.74, 6) is 1.61. The Hall–Kier alpha value is -3.02. The third kappa shape index (κ3) is 3.28. The van der Waals surface area contributed by atoms with E-state index in [0.29, 0.717) is 37.9 Å². The average molecular weight is 337 g/mol. The fourth-order valence-electron chi connectivity index (χ4n) is 2.92. The lowest BCUT2D eigenvalue weighted by Gasteiger charge is -2.26. The molecule has 0 unspecified atom stereocenters. The molecule has 0 spiro atoms. The molecule has 0 N–H and O–H groups in total. The molecule has 3 aromatic rings. The van der Waals surface area contributed by atoms with Crippen LogP contribution in [-0.2, 0) is 19.7 Å². The van der Waals surface area contributed by atoms with Crippen molar-refractivity contribution in [3.63, 3.8) is 0 Å². The fourth-order valence-corrected chi connectivity index (χ4v) is 2.92. The number of carbonyl (C=O) groups is 1. The number of fused-ring (bicyclic) bond motifs is 1. The Balaban J connectivity index is 1.43. The van der Waals surface area contributed by atoms with Crippen LogP contribution in [0.4, 0.5) is 0 Å². The molecule has 1 amide bonds. The molecule has 1 aliphatic rings. The van der Waals surface area contributed by atoms with Crippen molar-refractivity contribution in [2.24, 2.45) is 0 Å². The van der Waals surface area contributed by atoms with Gasteiger partial charge in [0.1, 0.15) is 12.4 Å². The molecule has 25 heavy (non-hydrogen) atoms. The van der Waals surface area contributed by atoms with Crippen LogP contribution in [0.2, 0.25) is 0 Å². The Kier molecular flexibility index (Phi) is 4.01. The summed E-state index contributed by atoms with van der Waals surface area (Å²) in [4.78, 5) is 14.3. The maximum atomic E-state index is 12.5. The zero-order valence-electron chi connectivity index (χ0n) is 14.0. The van der Waals surface area contributed by atoms with Gasteiger partial charge in [0.05, 0.1) is 18.8 Å². The van der Waals surface area contributed by atoms with Gasteiger partial charge >= 0.3 is 0 Å².